The van der Waals surface area contributed by atoms with Crippen molar-refractivity contribution in [3.63, 3.8) is 0 Å². The Morgan fingerprint density at radius 2 is 1.96 bits per heavy atom. The van der Waals surface area contributed by atoms with E-state index < -0.39 is 0 Å². The first-order valence-corrected chi connectivity index (χ1v) is 9.85. The molecule has 0 aromatic heterocycles. The lowest BCUT2D eigenvalue weighted by Crippen LogP contribution is -2.34. The molecule has 1 saturated carbocycles. The summed E-state index contributed by atoms with van der Waals surface area (Å²) in [6.07, 6.45) is 2.55. The molecule has 1 fully saturated rings. The van der Waals surface area contributed by atoms with Crippen molar-refractivity contribution < 1.29 is 4.79 Å². The summed E-state index contributed by atoms with van der Waals surface area (Å²) in [5.74, 6) is 0.748. The van der Waals surface area contributed by atoms with Crippen molar-refractivity contribution >= 4 is 17.7 Å². The Morgan fingerprint density at radius 1 is 1.23 bits per heavy atom. The first-order valence-electron chi connectivity index (χ1n) is 8.86. The fourth-order valence-electron chi connectivity index (χ4n) is 2.76. The third-order valence-corrected chi connectivity index (χ3v) is 5.67. The van der Waals surface area contributed by atoms with E-state index >= 15 is 0 Å². The van der Waals surface area contributed by atoms with E-state index in [0.29, 0.717) is 18.2 Å². The average Bonchev–Trinajstić information content (AvgIpc) is 3.52. The molecular formula is C21H23N3OS. The molecule has 1 amide bonds. The maximum Gasteiger partial charge on any atom is 0.252 e. The van der Waals surface area contributed by atoms with Crippen molar-refractivity contribution in [1.29, 1.82) is 5.26 Å². The standard InChI is InChI=1S/C21H23N3OS/c1-24(18-10-11-18)13-12-23-21(25)19-4-2-3-5-20(19)26-15-17-8-6-16(14-22)7-9-17/h2-9,18H,10-13,15H2,1H3,(H,23,25). The molecule has 4 nitrogen and oxygen atoms in total. The summed E-state index contributed by atoms with van der Waals surface area (Å²) < 4.78 is 0. The zero-order chi connectivity index (χ0) is 18.4. The number of nitriles is 1. The molecule has 3 rings (SSSR count). The van der Waals surface area contributed by atoms with Gasteiger partial charge in [0.15, 0.2) is 0 Å². The summed E-state index contributed by atoms with van der Waals surface area (Å²) in [5, 5.41) is 11.9. The van der Waals surface area contributed by atoms with E-state index in [-0.39, 0.29) is 5.91 Å². The van der Waals surface area contributed by atoms with Gasteiger partial charge in [-0.15, -0.1) is 11.8 Å². The topological polar surface area (TPSA) is 56.1 Å². The molecular weight excluding hydrogens is 342 g/mol. The van der Waals surface area contributed by atoms with Gasteiger partial charge in [0, 0.05) is 29.8 Å². The largest absolute Gasteiger partial charge is 0.351 e. The SMILES string of the molecule is CN(CCNC(=O)c1ccccc1SCc1ccc(C#N)cc1)C1CC1. The van der Waals surface area contributed by atoms with E-state index in [1.807, 2.05) is 48.5 Å². The summed E-state index contributed by atoms with van der Waals surface area (Å²) in [5.41, 5.74) is 2.52. The minimum atomic E-state index is -0.0166. The summed E-state index contributed by atoms with van der Waals surface area (Å²) in [6, 6.07) is 18.1. The molecule has 26 heavy (non-hydrogen) atoms. The first-order chi connectivity index (χ1) is 12.7. The van der Waals surface area contributed by atoms with E-state index in [9.17, 15) is 4.79 Å². The van der Waals surface area contributed by atoms with E-state index in [1.54, 1.807) is 11.8 Å². The quantitative estimate of drug-likeness (QED) is 0.725. The Balaban J connectivity index is 1.56. The van der Waals surface area contributed by atoms with Gasteiger partial charge in [-0.1, -0.05) is 24.3 Å². The highest BCUT2D eigenvalue weighted by Gasteiger charge is 2.25. The van der Waals surface area contributed by atoms with Crippen molar-refractivity contribution in [3.8, 4) is 6.07 Å². The monoisotopic (exact) mass is 365 g/mol. The van der Waals surface area contributed by atoms with Gasteiger partial charge in [0.1, 0.15) is 0 Å². The highest BCUT2D eigenvalue weighted by atomic mass is 32.2. The molecule has 0 bridgehead atoms. The lowest BCUT2D eigenvalue weighted by molar-refractivity contribution is 0.0946. The summed E-state index contributed by atoms with van der Waals surface area (Å²) in [7, 11) is 2.12. The van der Waals surface area contributed by atoms with Crippen LogP contribution in [0.15, 0.2) is 53.4 Å². The molecule has 0 saturated heterocycles. The van der Waals surface area contributed by atoms with E-state index in [4.69, 9.17) is 5.26 Å². The number of carbonyl (C=O) groups is 1. The molecule has 0 heterocycles. The Hall–Kier alpha value is -2.29. The molecule has 2 aromatic carbocycles. The zero-order valence-corrected chi connectivity index (χ0v) is 15.8. The van der Waals surface area contributed by atoms with Crippen LogP contribution in [-0.2, 0) is 5.75 Å². The highest BCUT2D eigenvalue weighted by Crippen LogP contribution is 2.27. The molecule has 0 spiro atoms. The van der Waals surface area contributed by atoms with Crippen LogP contribution in [0.1, 0.15) is 34.3 Å². The number of nitrogens with one attached hydrogen (secondary N) is 1. The number of amides is 1. The second kappa shape index (κ2) is 8.88. The van der Waals surface area contributed by atoms with Crippen LogP contribution in [0.3, 0.4) is 0 Å². The normalized spacial score (nSPS) is 13.4. The number of rotatable bonds is 8. The zero-order valence-electron chi connectivity index (χ0n) is 14.9. The number of carbonyl (C=O) groups excluding carboxylic acids is 1. The molecule has 0 atom stereocenters. The molecule has 134 valence electrons. The van der Waals surface area contributed by atoms with E-state index in [0.717, 1.165) is 28.3 Å². The van der Waals surface area contributed by atoms with Crippen LogP contribution >= 0.6 is 11.8 Å². The molecule has 5 heteroatoms. The number of hydrogen-bond acceptors (Lipinski definition) is 4. The van der Waals surface area contributed by atoms with Crippen molar-refractivity contribution in [2.75, 3.05) is 20.1 Å². The van der Waals surface area contributed by atoms with Gasteiger partial charge in [-0.3, -0.25) is 4.79 Å². The maximum atomic E-state index is 12.5. The van der Waals surface area contributed by atoms with Gasteiger partial charge in [-0.2, -0.15) is 5.26 Å². The predicted octanol–water partition coefficient (Wildman–Crippen LogP) is 3.67. The molecule has 0 radical (unpaired) electrons. The molecule has 1 aliphatic rings. The lowest BCUT2D eigenvalue weighted by Gasteiger charge is -2.16. The fraction of sp³-hybridized carbons (Fsp3) is 0.333. The second-order valence-corrected chi connectivity index (χ2v) is 7.58. The smallest absolute Gasteiger partial charge is 0.252 e. The third-order valence-electron chi connectivity index (χ3n) is 4.53. The van der Waals surface area contributed by atoms with Crippen molar-refractivity contribution in [3.05, 3.63) is 65.2 Å². The summed E-state index contributed by atoms with van der Waals surface area (Å²) >= 11 is 1.64. The van der Waals surface area contributed by atoms with E-state index in [1.165, 1.54) is 12.8 Å². The number of hydrogen-bond donors (Lipinski definition) is 1. The fourth-order valence-corrected chi connectivity index (χ4v) is 3.76. The van der Waals surface area contributed by atoms with Gasteiger partial charge >= 0.3 is 0 Å². The maximum absolute atomic E-state index is 12.5. The predicted molar refractivity (Wildman–Crippen MR) is 105 cm³/mol. The minimum Gasteiger partial charge on any atom is -0.351 e. The minimum absolute atomic E-state index is 0.0166. The van der Waals surface area contributed by atoms with E-state index in [2.05, 4.69) is 23.3 Å². The van der Waals surface area contributed by atoms with Crippen LogP contribution < -0.4 is 5.32 Å². The molecule has 2 aromatic rings. The Morgan fingerprint density at radius 3 is 2.65 bits per heavy atom. The van der Waals surface area contributed by atoms with Crippen molar-refractivity contribution in [2.24, 2.45) is 0 Å². The average molecular weight is 366 g/mol. The van der Waals surface area contributed by atoms with Crippen LogP contribution in [0, 0.1) is 11.3 Å². The van der Waals surface area contributed by atoms with Gasteiger partial charge in [0.05, 0.1) is 17.2 Å². The van der Waals surface area contributed by atoms with Gasteiger partial charge in [-0.25, -0.2) is 0 Å². The van der Waals surface area contributed by atoms with Gasteiger partial charge in [0.2, 0.25) is 0 Å². The number of nitrogens with zero attached hydrogens (tertiary/aromatic N) is 2. The van der Waals surface area contributed by atoms with Crippen molar-refractivity contribution in [1.82, 2.24) is 10.2 Å². The first kappa shape index (κ1) is 18.5. The summed E-state index contributed by atoms with van der Waals surface area (Å²) in [6.45, 7) is 1.55. The number of benzene rings is 2. The third kappa shape index (κ3) is 5.10. The van der Waals surface area contributed by atoms with Crippen LogP contribution in [0.2, 0.25) is 0 Å². The number of thioether (sulfide) groups is 1. The van der Waals surface area contributed by atoms with Crippen molar-refractivity contribution in [2.45, 2.75) is 29.5 Å². The Kier molecular flexibility index (Phi) is 6.32. The Labute approximate surface area is 159 Å². The highest BCUT2D eigenvalue weighted by molar-refractivity contribution is 7.98. The summed E-state index contributed by atoms with van der Waals surface area (Å²) in [4.78, 5) is 15.8. The molecule has 0 aliphatic heterocycles. The van der Waals surface area contributed by atoms with Gasteiger partial charge in [-0.05, 0) is 49.7 Å². The molecule has 0 unspecified atom stereocenters. The molecule has 1 aliphatic carbocycles. The second-order valence-electron chi connectivity index (χ2n) is 6.56. The van der Waals surface area contributed by atoms with Crippen LogP contribution in [0.5, 0.6) is 0 Å². The van der Waals surface area contributed by atoms with Crippen LogP contribution in [0.4, 0.5) is 0 Å². The Bertz CT molecular complexity index is 794. The van der Waals surface area contributed by atoms with Crippen LogP contribution in [0.25, 0.3) is 0 Å². The van der Waals surface area contributed by atoms with Crippen LogP contribution in [-0.4, -0.2) is 37.0 Å². The lowest BCUT2D eigenvalue weighted by atomic mass is 10.2. The number of likely N-dealkylation sites (N-methyl/N-ethyl adjacent to an activating group) is 1. The molecule has 1 N–H and O–H groups in total. The van der Waals surface area contributed by atoms with Gasteiger partial charge in [0.25, 0.3) is 5.91 Å². The van der Waals surface area contributed by atoms with Gasteiger partial charge < -0.3 is 10.2 Å².